The van der Waals surface area contributed by atoms with Crippen molar-refractivity contribution >= 4 is 56.5 Å². The van der Waals surface area contributed by atoms with Crippen molar-refractivity contribution in [3.8, 4) is 5.75 Å². The molecule has 0 atom stereocenters. The zero-order valence-corrected chi connectivity index (χ0v) is 14.7. The number of carbonyl (C=O) groups is 1. The van der Waals surface area contributed by atoms with Crippen molar-refractivity contribution in [1.29, 1.82) is 0 Å². The number of anilines is 1. The van der Waals surface area contributed by atoms with E-state index in [-0.39, 0.29) is 26.4 Å². The average Bonchev–Trinajstić information content (AvgIpc) is 2.44. The maximum Gasteiger partial charge on any atom is 0.339 e. The van der Waals surface area contributed by atoms with E-state index in [0.717, 1.165) is 0 Å². The summed E-state index contributed by atoms with van der Waals surface area (Å²) in [6, 6.07) is 7.93. The summed E-state index contributed by atoms with van der Waals surface area (Å²) in [5.74, 6) is -0.472. The van der Waals surface area contributed by atoms with Gasteiger partial charge in [0, 0.05) is 11.9 Å². The summed E-state index contributed by atoms with van der Waals surface area (Å²) in [7, 11) is -4.16. The Labute approximate surface area is 148 Å². The Morgan fingerprint density at radius 2 is 1.74 bits per heavy atom. The summed E-state index contributed by atoms with van der Waals surface area (Å²) in [4.78, 5) is 11.0. The Morgan fingerprint density at radius 3 is 2.35 bits per heavy atom. The van der Waals surface area contributed by atoms with Gasteiger partial charge in [-0.25, -0.2) is 0 Å². The summed E-state index contributed by atoms with van der Waals surface area (Å²) in [6.07, 6.45) is 0. The van der Waals surface area contributed by atoms with Crippen LogP contribution in [0.1, 0.15) is 6.92 Å². The lowest BCUT2D eigenvalue weighted by molar-refractivity contribution is -0.114. The molecule has 0 aliphatic heterocycles. The normalized spacial score (nSPS) is 11.1. The van der Waals surface area contributed by atoms with Gasteiger partial charge in [-0.1, -0.05) is 34.8 Å². The van der Waals surface area contributed by atoms with Crippen LogP contribution in [0.3, 0.4) is 0 Å². The first-order chi connectivity index (χ1) is 10.7. The van der Waals surface area contributed by atoms with Crippen molar-refractivity contribution in [2.75, 3.05) is 5.32 Å². The van der Waals surface area contributed by atoms with Gasteiger partial charge >= 0.3 is 10.1 Å². The number of hydrogen-bond donors (Lipinski definition) is 1. The summed E-state index contributed by atoms with van der Waals surface area (Å²) in [5.41, 5.74) is 0.133. The fraction of sp³-hybridized carbons (Fsp3) is 0.0714. The summed E-state index contributed by atoms with van der Waals surface area (Å²) in [5, 5.41) is 3.06. The highest BCUT2D eigenvalue weighted by atomic mass is 35.5. The van der Waals surface area contributed by atoms with E-state index in [1.807, 2.05) is 0 Å². The molecule has 0 heterocycles. The minimum absolute atomic E-state index is 0.0735. The van der Waals surface area contributed by atoms with Crippen LogP contribution in [0, 0.1) is 0 Å². The van der Waals surface area contributed by atoms with Gasteiger partial charge < -0.3 is 9.50 Å². The zero-order chi connectivity index (χ0) is 17.2. The van der Waals surface area contributed by atoms with Crippen molar-refractivity contribution in [1.82, 2.24) is 0 Å². The van der Waals surface area contributed by atoms with Gasteiger partial charge in [0.1, 0.15) is 4.90 Å². The molecule has 0 fully saturated rings. The molecule has 23 heavy (non-hydrogen) atoms. The molecule has 0 bridgehead atoms. The number of benzene rings is 2. The van der Waals surface area contributed by atoms with Gasteiger partial charge in [0.15, 0.2) is 5.75 Å². The van der Waals surface area contributed by atoms with Crippen molar-refractivity contribution in [3.05, 3.63) is 51.5 Å². The van der Waals surface area contributed by atoms with E-state index < -0.39 is 16.0 Å². The second-order valence-corrected chi connectivity index (χ2v) is 7.23. The molecule has 2 rings (SSSR count). The fourth-order valence-electron chi connectivity index (χ4n) is 1.66. The summed E-state index contributed by atoms with van der Waals surface area (Å²) in [6.45, 7) is 1.28. The van der Waals surface area contributed by atoms with Gasteiger partial charge in [0.2, 0.25) is 5.91 Å². The highest BCUT2D eigenvalue weighted by molar-refractivity contribution is 7.87. The van der Waals surface area contributed by atoms with Crippen LogP contribution in [-0.4, -0.2) is 14.3 Å². The molecule has 0 aliphatic rings. The van der Waals surface area contributed by atoms with Crippen LogP contribution in [0.15, 0.2) is 41.3 Å². The monoisotopic (exact) mass is 393 g/mol. The smallest absolute Gasteiger partial charge is 0.339 e. The Hall–Kier alpha value is -1.47. The number of hydrogen-bond acceptors (Lipinski definition) is 4. The van der Waals surface area contributed by atoms with Crippen LogP contribution in [0.2, 0.25) is 15.1 Å². The number of nitrogens with one attached hydrogen (secondary N) is 1. The predicted molar refractivity (Wildman–Crippen MR) is 90.0 cm³/mol. The highest BCUT2D eigenvalue weighted by Gasteiger charge is 2.20. The quantitative estimate of drug-likeness (QED) is 0.781. The van der Waals surface area contributed by atoms with E-state index in [1.165, 1.54) is 43.3 Å². The summed E-state index contributed by atoms with van der Waals surface area (Å²) >= 11 is 17.4. The largest absolute Gasteiger partial charge is 0.377 e. The lowest BCUT2D eigenvalue weighted by atomic mass is 10.3. The van der Waals surface area contributed by atoms with Crippen LogP contribution in [0.25, 0.3) is 0 Å². The molecule has 0 aromatic heterocycles. The maximum absolute atomic E-state index is 12.3. The first-order valence-electron chi connectivity index (χ1n) is 6.16. The third kappa shape index (κ3) is 4.51. The van der Waals surface area contributed by atoms with E-state index in [9.17, 15) is 13.2 Å². The highest BCUT2D eigenvalue weighted by Crippen LogP contribution is 2.32. The van der Waals surface area contributed by atoms with E-state index in [2.05, 4.69) is 5.32 Å². The summed E-state index contributed by atoms with van der Waals surface area (Å²) < 4.78 is 29.7. The SMILES string of the molecule is CC(=O)Nc1cc(Cl)ccc1OS(=O)(=O)c1ccc(Cl)c(Cl)c1. The van der Waals surface area contributed by atoms with Gasteiger partial charge in [-0.3, -0.25) is 4.79 Å². The van der Waals surface area contributed by atoms with E-state index in [1.54, 1.807) is 0 Å². The van der Waals surface area contributed by atoms with Gasteiger partial charge in [0.25, 0.3) is 0 Å². The van der Waals surface area contributed by atoms with Gasteiger partial charge in [-0.15, -0.1) is 0 Å². The van der Waals surface area contributed by atoms with Crippen LogP contribution in [0.4, 0.5) is 5.69 Å². The number of rotatable bonds is 4. The van der Waals surface area contributed by atoms with Crippen molar-refractivity contribution < 1.29 is 17.4 Å². The molecular weight excluding hydrogens is 385 g/mol. The molecule has 2 aromatic rings. The molecule has 0 spiro atoms. The third-order valence-electron chi connectivity index (χ3n) is 2.63. The third-order valence-corrected chi connectivity index (χ3v) is 4.84. The van der Waals surface area contributed by atoms with Crippen LogP contribution in [-0.2, 0) is 14.9 Å². The molecule has 0 saturated carbocycles. The molecule has 2 aromatic carbocycles. The first-order valence-corrected chi connectivity index (χ1v) is 8.70. The topological polar surface area (TPSA) is 72.5 Å². The van der Waals surface area contributed by atoms with Crippen LogP contribution < -0.4 is 9.50 Å². The lowest BCUT2D eigenvalue weighted by Gasteiger charge is -2.12. The number of carbonyl (C=O) groups excluding carboxylic acids is 1. The maximum atomic E-state index is 12.3. The second kappa shape index (κ2) is 6.97. The number of halogens is 3. The Balaban J connectivity index is 2.40. The minimum atomic E-state index is -4.16. The van der Waals surface area contributed by atoms with Crippen molar-refractivity contribution in [2.45, 2.75) is 11.8 Å². The Morgan fingerprint density at radius 1 is 1.04 bits per heavy atom. The van der Waals surface area contributed by atoms with Crippen molar-refractivity contribution in [2.24, 2.45) is 0 Å². The Kier molecular flexibility index (Phi) is 5.41. The molecular formula is C14H10Cl3NO4S. The zero-order valence-electron chi connectivity index (χ0n) is 11.6. The predicted octanol–water partition coefficient (Wildman–Crippen LogP) is 4.37. The molecule has 1 amide bonds. The molecule has 0 aliphatic carbocycles. The van der Waals surface area contributed by atoms with E-state index in [0.29, 0.717) is 5.02 Å². The molecule has 0 saturated heterocycles. The first kappa shape index (κ1) is 17.9. The van der Waals surface area contributed by atoms with Gasteiger partial charge in [-0.05, 0) is 36.4 Å². The standard InChI is InChI=1S/C14H10Cl3NO4S/c1-8(19)18-13-6-9(15)2-5-14(13)22-23(20,21)10-3-4-11(16)12(17)7-10/h2-7H,1H3,(H,18,19). The fourth-order valence-corrected chi connectivity index (χ4v) is 3.17. The second-order valence-electron chi connectivity index (χ2n) is 4.44. The van der Waals surface area contributed by atoms with Crippen LogP contribution in [0.5, 0.6) is 5.75 Å². The number of amides is 1. The molecule has 9 heteroatoms. The van der Waals surface area contributed by atoms with E-state index in [4.69, 9.17) is 39.0 Å². The van der Waals surface area contributed by atoms with Crippen LogP contribution >= 0.6 is 34.8 Å². The molecule has 0 radical (unpaired) electrons. The lowest BCUT2D eigenvalue weighted by Crippen LogP contribution is -2.13. The molecule has 1 N–H and O–H groups in total. The molecule has 5 nitrogen and oxygen atoms in total. The minimum Gasteiger partial charge on any atom is -0.377 e. The van der Waals surface area contributed by atoms with Gasteiger partial charge in [0.05, 0.1) is 15.7 Å². The van der Waals surface area contributed by atoms with Gasteiger partial charge in [-0.2, -0.15) is 8.42 Å². The van der Waals surface area contributed by atoms with Crippen molar-refractivity contribution in [3.63, 3.8) is 0 Å². The Bertz CT molecular complexity index is 868. The van der Waals surface area contributed by atoms with E-state index >= 15 is 0 Å². The average molecular weight is 395 g/mol. The molecule has 122 valence electrons. The molecule has 0 unspecified atom stereocenters.